The van der Waals surface area contributed by atoms with Gasteiger partial charge < -0.3 is 11.1 Å². The molecule has 0 saturated carbocycles. The Labute approximate surface area is 197 Å². The summed E-state index contributed by atoms with van der Waals surface area (Å²) in [6.45, 7) is 3.37. The van der Waals surface area contributed by atoms with Crippen molar-refractivity contribution in [3.63, 3.8) is 0 Å². The summed E-state index contributed by atoms with van der Waals surface area (Å²) in [6, 6.07) is 21.4. The first kappa shape index (κ1) is 22.6. The molecule has 0 fully saturated rings. The van der Waals surface area contributed by atoms with Crippen LogP contribution in [0.2, 0.25) is 0 Å². The number of nitrogens with two attached hydrogens (primary N) is 1. The van der Waals surface area contributed by atoms with Crippen LogP contribution in [0, 0.1) is 0 Å². The lowest BCUT2D eigenvalue weighted by molar-refractivity contribution is -0.130. The number of hydrogen-bond donors (Lipinski definition) is 2. The van der Waals surface area contributed by atoms with Gasteiger partial charge in [0.25, 0.3) is 5.91 Å². The van der Waals surface area contributed by atoms with Gasteiger partial charge in [0.2, 0.25) is 11.8 Å². The summed E-state index contributed by atoms with van der Waals surface area (Å²) in [6.07, 6.45) is 0. The summed E-state index contributed by atoms with van der Waals surface area (Å²) >= 11 is 1.38. The highest BCUT2D eigenvalue weighted by atomic mass is 32.2. The van der Waals surface area contributed by atoms with Crippen LogP contribution in [0.4, 0.5) is 11.4 Å². The van der Waals surface area contributed by atoms with Gasteiger partial charge in [0, 0.05) is 16.1 Å². The van der Waals surface area contributed by atoms with Crippen LogP contribution in [0.15, 0.2) is 77.7 Å². The number of benzene rings is 3. The van der Waals surface area contributed by atoms with Crippen molar-refractivity contribution in [3.8, 4) is 11.1 Å². The standard InChI is InChI=1S/C26H25N3O3S/c1-16-19-11-6-7-12-20(19)24-21(27)13-8-14-22(24)29(25(16)31)26(32)17(2)28-23(30)15-33-18-9-4-3-5-10-18/h3-14,16-17H,15,27H2,1-2H3,(H,28,30)/t16?,17-/m0/s1. The second-order valence-corrected chi connectivity index (χ2v) is 9.00. The Kier molecular flexibility index (Phi) is 6.51. The molecule has 7 heteroatoms. The van der Waals surface area contributed by atoms with Gasteiger partial charge >= 0.3 is 0 Å². The molecule has 1 aliphatic heterocycles. The molecule has 3 aromatic carbocycles. The van der Waals surface area contributed by atoms with Crippen molar-refractivity contribution in [2.75, 3.05) is 16.4 Å². The SMILES string of the molecule is CC1C(=O)N(C(=O)[C@H](C)NC(=O)CSc2ccccc2)c2cccc(N)c2-c2ccccc21. The van der Waals surface area contributed by atoms with Crippen molar-refractivity contribution in [1.82, 2.24) is 5.32 Å². The zero-order chi connectivity index (χ0) is 23.5. The predicted molar refractivity (Wildman–Crippen MR) is 132 cm³/mol. The lowest BCUT2D eigenvalue weighted by atomic mass is 9.92. The van der Waals surface area contributed by atoms with Crippen molar-refractivity contribution in [2.24, 2.45) is 0 Å². The molecule has 0 aliphatic carbocycles. The number of rotatable bonds is 5. The Morgan fingerprint density at radius 1 is 1.03 bits per heavy atom. The van der Waals surface area contributed by atoms with Gasteiger partial charge in [-0.2, -0.15) is 0 Å². The maximum Gasteiger partial charge on any atom is 0.256 e. The third-order valence-corrected chi connectivity index (χ3v) is 6.70. The zero-order valence-corrected chi connectivity index (χ0v) is 19.3. The number of imide groups is 1. The molecule has 4 rings (SSSR count). The Balaban J connectivity index is 1.60. The minimum absolute atomic E-state index is 0.168. The molecule has 0 radical (unpaired) electrons. The minimum Gasteiger partial charge on any atom is -0.398 e. The minimum atomic E-state index is -0.888. The quantitative estimate of drug-likeness (QED) is 0.440. The van der Waals surface area contributed by atoms with Gasteiger partial charge in [0.1, 0.15) is 6.04 Å². The summed E-state index contributed by atoms with van der Waals surface area (Å²) in [5.41, 5.74) is 9.52. The number of hydrogen-bond acceptors (Lipinski definition) is 5. The van der Waals surface area contributed by atoms with Crippen LogP contribution in [0.25, 0.3) is 11.1 Å². The van der Waals surface area contributed by atoms with E-state index in [1.165, 1.54) is 16.7 Å². The first-order valence-corrected chi connectivity index (χ1v) is 11.7. The van der Waals surface area contributed by atoms with E-state index in [2.05, 4.69) is 5.32 Å². The summed E-state index contributed by atoms with van der Waals surface area (Å²) in [4.78, 5) is 41.6. The number of nitrogens with one attached hydrogen (secondary N) is 1. The van der Waals surface area contributed by atoms with E-state index >= 15 is 0 Å². The second-order valence-electron chi connectivity index (χ2n) is 7.95. The fourth-order valence-electron chi connectivity index (χ4n) is 4.02. The van der Waals surface area contributed by atoms with E-state index in [9.17, 15) is 14.4 Å². The average molecular weight is 460 g/mol. The van der Waals surface area contributed by atoms with Gasteiger partial charge in [0.15, 0.2) is 0 Å². The number of thioether (sulfide) groups is 1. The predicted octanol–water partition coefficient (Wildman–Crippen LogP) is 4.21. The van der Waals surface area contributed by atoms with E-state index in [0.29, 0.717) is 16.9 Å². The molecule has 6 nitrogen and oxygen atoms in total. The zero-order valence-electron chi connectivity index (χ0n) is 18.4. The summed E-state index contributed by atoms with van der Waals surface area (Å²) in [5.74, 6) is -1.51. The van der Waals surface area contributed by atoms with Crippen LogP contribution in [0.1, 0.15) is 25.3 Å². The van der Waals surface area contributed by atoms with Gasteiger partial charge in [0.05, 0.1) is 17.4 Å². The molecule has 3 N–H and O–H groups in total. The van der Waals surface area contributed by atoms with E-state index < -0.39 is 17.9 Å². The highest BCUT2D eigenvalue weighted by Gasteiger charge is 2.37. The molecule has 1 heterocycles. The molecule has 2 atom stereocenters. The fourth-order valence-corrected chi connectivity index (χ4v) is 4.75. The maximum absolute atomic E-state index is 13.5. The van der Waals surface area contributed by atoms with Crippen LogP contribution in [-0.2, 0) is 14.4 Å². The first-order valence-electron chi connectivity index (χ1n) is 10.7. The molecule has 0 bridgehead atoms. The van der Waals surface area contributed by atoms with Crippen LogP contribution < -0.4 is 16.0 Å². The number of carbonyl (C=O) groups excluding carboxylic acids is 3. The number of fused-ring (bicyclic) bond motifs is 3. The van der Waals surface area contributed by atoms with Gasteiger partial charge in [-0.1, -0.05) is 48.5 Å². The highest BCUT2D eigenvalue weighted by Crippen LogP contribution is 2.44. The lowest BCUT2D eigenvalue weighted by Gasteiger charge is -2.26. The number of carbonyl (C=O) groups is 3. The van der Waals surface area contributed by atoms with Crippen LogP contribution in [0.3, 0.4) is 0 Å². The average Bonchev–Trinajstić information content (AvgIpc) is 2.92. The van der Waals surface area contributed by atoms with Crippen molar-refractivity contribution in [1.29, 1.82) is 0 Å². The second kappa shape index (κ2) is 9.50. The lowest BCUT2D eigenvalue weighted by Crippen LogP contribution is -2.50. The van der Waals surface area contributed by atoms with E-state index in [1.807, 2.05) is 54.6 Å². The number of anilines is 2. The smallest absolute Gasteiger partial charge is 0.256 e. The monoisotopic (exact) mass is 459 g/mol. The van der Waals surface area contributed by atoms with Crippen molar-refractivity contribution >= 4 is 40.9 Å². The Bertz CT molecular complexity index is 1210. The highest BCUT2D eigenvalue weighted by molar-refractivity contribution is 8.00. The van der Waals surface area contributed by atoms with Crippen molar-refractivity contribution < 1.29 is 14.4 Å². The maximum atomic E-state index is 13.5. The summed E-state index contributed by atoms with van der Waals surface area (Å²) in [5, 5.41) is 2.74. The number of nitrogen functional groups attached to an aromatic ring is 1. The first-order chi connectivity index (χ1) is 15.9. The van der Waals surface area contributed by atoms with E-state index in [4.69, 9.17) is 5.73 Å². The molecule has 0 aromatic heterocycles. The van der Waals surface area contributed by atoms with Crippen LogP contribution in [-0.4, -0.2) is 29.5 Å². The fraction of sp³-hybridized carbons (Fsp3) is 0.192. The third-order valence-electron chi connectivity index (χ3n) is 5.68. The molecule has 1 aliphatic rings. The Morgan fingerprint density at radius 2 is 1.73 bits per heavy atom. The topological polar surface area (TPSA) is 92.5 Å². The van der Waals surface area contributed by atoms with Gasteiger partial charge in [-0.05, 0) is 49.2 Å². The van der Waals surface area contributed by atoms with E-state index in [0.717, 1.165) is 16.0 Å². The van der Waals surface area contributed by atoms with E-state index in [1.54, 1.807) is 32.0 Å². The summed E-state index contributed by atoms with van der Waals surface area (Å²) in [7, 11) is 0. The van der Waals surface area contributed by atoms with Crippen LogP contribution >= 0.6 is 11.8 Å². The van der Waals surface area contributed by atoms with Gasteiger partial charge in [-0.3, -0.25) is 14.4 Å². The molecule has 33 heavy (non-hydrogen) atoms. The molecule has 168 valence electrons. The molecule has 1 unspecified atom stereocenters. The van der Waals surface area contributed by atoms with Gasteiger partial charge in [-0.25, -0.2) is 4.90 Å². The summed E-state index contributed by atoms with van der Waals surface area (Å²) < 4.78 is 0. The van der Waals surface area contributed by atoms with Gasteiger partial charge in [-0.15, -0.1) is 11.8 Å². The van der Waals surface area contributed by atoms with E-state index in [-0.39, 0.29) is 17.6 Å². The number of nitrogens with zero attached hydrogens (tertiary/aromatic N) is 1. The van der Waals surface area contributed by atoms with Crippen molar-refractivity contribution in [3.05, 3.63) is 78.4 Å². The molecule has 3 amide bonds. The molecular weight excluding hydrogens is 434 g/mol. The third kappa shape index (κ3) is 4.50. The molecule has 0 saturated heterocycles. The van der Waals surface area contributed by atoms with Crippen molar-refractivity contribution in [2.45, 2.75) is 30.7 Å². The molecule has 3 aromatic rings. The number of amides is 3. The van der Waals surface area contributed by atoms with Crippen LogP contribution in [0.5, 0.6) is 0 Å². The largest absolute Gasteiger partial charge is 0.398 e. The Hall–Kier alpha value is -3.58. The normalized spacial score (nSPS) is 15.8. The Morgan fingerprint density at radius 3 is 2.48 bits per heavy atom. The molecular formula is C26H25N3O3S. The molecule has 0 spiro atoms.